The molecule has 0 radical (unpaired) electrons. The van der Waals surface area contributed by atoms with E-state index in [1.54, 1.807) is 19.1 Å². The van der Waals surface area contributed by atoms with Crippen LogP contribution in [0.25, 0.3) is 5.69 Å². The molecule has 0 aromatic carbocycles. The van der Waals surface area contributed by atoms with Crippen LogP contribution >= 0.6 is 11.6 Å². The largest absolute Gasteiger partial charge is 0.269 e. The van der Waals surface area contributed by atoms with Crippen molar-refractivity contribution in [3.8, 4) is 5.69 Å². The van der Waals surface area contributed by atoms with Gasteiger partial charge in [0.05, 0.1) is 11.9 Å². The standard InChI is InChI=1S/C16H14ClF2N3O/c1-8-4-14(23)22(10-2-3-13(17)20-7-10)15(21-8)9-5-11-12(6-9)16(11,18)19/h2-4,7,9,11-12H,5-6H2,1H3/t9-,11+,12-. The molecule has 23 heavy (non-hydrogen) atoms. The summed E-state index contributed by atoms with van der Waals surface area (Å²) in [5.74, 6) is -3.26. The maximum absolute atomic E-state index is 13.4. The predicted molar refractivity (Wildman–Crippen MR) is 81.3 cm³/mol. The van der Waals surface area contributed by atoms with Crippen LogP contribution in [0.15, 0.2) is 29.2 Å². The Labute approximate surface area is 136 Å². The summed E-state index contributed by atoms with van der Waals surface area (Å²) >= 11 is 5.79. The van der Waals surface area contributed by atoms with E-state index in [0.717, 1.165) is 0 Å². The van der Waals surface area contributed by atoms with Crippen molar-refractivity contribution in [2.75, 3.05) is 0 Å². The summed E-state index contributed by atoms with van der Waals surface area (Å²) < 4.78 is 28.3. The second kappa shape index (κ2) is 4.84. The summed E-state index contributed by atoms with van der Waals surface area (Å²) in [6.45, 7) is 1.74. The molecular formula is C16H14ClF2N3O. The van der Waals surface area contributed by atoms with Crippen LogP contribution in [0.4, 0.5) is 8.78 Å². The van der Waals surface area contributed by atoms with E-state index in [2.05, 4.69) is 9.97 Å². The van der Waals surface area contributed by atoms with E-state index in [1.807, 2.05) is 0 Å². The SMILES string of the molecule is Cc1cc(=O)n(-c2ccc(Cl)nc2)c([C@H]2C[C@@H]3[C@H](C2)C3(F)F)n1. The molecule has 0 unspecified atom stereocenters. The molecule has 120 valence electrons. The molecule has 2 aliphatic rings. The van der Waals surface area contributed by atoms with Gasteiger partial charge in [0.15, 0.2) is 0 Å². The summed E-state index contributed by atoms with van der Waals surface area (Å²) in [5.41, 5.74) is 0.911. The fraction of sp³-hybridized carbons (Fsp3) is 0.438. The van der Waals surface area contributed by atoms with Gasteiger partial charge in [0.25, 0.3) is 11.5 Å². The van der Waals surface area contributed by atoms with Gasteiger partial charge in [-0.15, -0.1) is 0 Å². The number of aromatic nitrogens is 3. The minimum atomic E-state index is -2.53. The fourth-order valence-corrected chi connectivity index (χ4v) is 3.79. The number of rotatable bonds is 2. The molecule has 3 atom stereocenters. The highest BCUT2D eigenvalue weighted by atomic mass is 35.5. The lowest BCUT2D eigenvalue weighted by Gasteiger charge is -2.19. The average Bonchev–Trinajstić information content (AvgIpc) is 2.87. The van der Waals surface area contributed by atoms with Crippen LogP contribution in [-0.4, -0.2) is 20.5 Å². The number of hydrogen-bond donors (Lipinski definition) is 0. The Morgan fingerprint density at radius 1 is 1.30 bits per heavy atom. The molecule has 2 aliphatic carbocycles. The maximum Gasteiger partial charge on any atom is 0.258 e. The molecule has 2 aromatic heterocycles. The number of alkyl halides is 2. The minimum Gasteiger partial charge on any atom is -0.269 e. The molecular weight excluding hydrogens is 324 g/mol. The zero-order valence-electron chi connectivity index (χ0n) is 12.3. The minimum absolute atomic E-state index is 0.132. The van der Waals surface area contributed by atoms with Crippen molar-refractivity contribution in [3.63, 3.8) is 0 Å². The smallest absolute Gasteiger partial charge is 0.258 e. The summed E-state index contributed by atoms with van der Waals surface area (Å²) in [5, 5.41) is 0.324. The molecule has 0 saturated heterocycles. The van der Waals surface area contributed by atoms with E-state index in [1.165, 1.54) is 16.8 Å². The van der Waals surface area contributed by atoms with Crippen molar-refractivity contribution in [2.24, 2.45) is 11.8 Å². The van der Waals surface area contributed by atoms with Gasteiger partial charge in [-0.25, -0.2) is 18.7 Å². The van der Waals surface area contributed by atoms with E-state index in [4.69, 9.17) is 11.6 Å². The first-order valence-corrected chi connectivity index (χ1v) is 7.86. The van der Waals surface area contributed by atoms with Crippen LogP contribution in [0, 0.1) is 18.8 Å². The quantitative estimate of drug-likeness (QED) is 0.790. The van der Waals surface area contributed by atoms with Crippen LogP contribution < -0.4 is 5.56 Å². The number of halogens is 3. The van der Waals surface area contributed by atoms with Crippen LogP contribution in [0.3, 0.4) is 0 Å². The lowest BCUT2D eigenvalue weighted by atomic mass is 10.0. The molecule has 2 heterocycles. The number of aryl methyl sites for hydroxylation is 1. The Hall–Kier alpha value is -1.82. The molecule has 2 aromatic rings. The monoisotopic (exact) mass is 337 g/mol. The zero-order valence-corrected chi connectivity index (χ0v) is 13.1. The Kier molecular flexibility index (Phi) is 3.10. The molecule has 0 N–H and O–H groups in total. The van der Waals surface area contributed by atoms with E-state index in [9.17, 15) is 13.6 Å². The summed E-state index contributed by atoms with van der Waals surface area (Å²) in [6, 6.07) is 4.71. The topological polar surface area (TPSA) is 47.8 Å². The van der Waals surface area contributed by atoms with Crippen molar-refractivity contribution in [2.45, 2.75) is 31.6 Å². The van der Waals surface area contributed by atoms with Crippen LogP contribution in [0.2, 0.25) is 5.15 Å². The van der Waals surface area contributed by atoms with E-state index in [0.29, 0.717) is 35.2 Å². The van der Waals surface area contributed by atoms with Crippen molar-refractivity contribution >= 4 is 11.6 Å². The first kappa shape index (κ1) is 14.8. The maximum atomic E-state index is 13.4. The first-order valence-electron chi connectivity index (χ1n) is 7.48. The molecule has 0 aliphatic heterocycles. The molecule has 0 spiro atoms. The third-order valence-corrected chi connectivity index (χ3v) is 5.07. The third-order valence-electron chi connectivity index (χ3n) is 4.85. The fourth-order valence-electron chi connectivity index (χ4n) is 3.68. The van der Waals surface area contributed by atoms with Crippen LogP contribution in [0.1, 0.15) is 30.3 Å². The normalized spacial score (nSPS) is 27.7. The van der Waals surface area contributed by atoms with Gasteiger partial charge in [0.1, 0.15) is 11.0 Å². The van der Waals surface area contributed by atoms with Gasteiger partial charge < -0.3 is 0 Å². The molecule has 0 amide bonds. The Balaban J connectivity index is 1.78. The van der Waals surface area contributed by atoms with Gasteiger partial charge in [0, 0.05) is 29.5 Å². The van der Waals surface area contributed by atoms with Crippen molar-refractivity contribution in [1.29, 1.82) is 0 Å². The lowest BCUT2D eigenvalue weighted by molar-refractivity contribution is 0.0689. The highest BCUT2D eigenvalue weighted by Crippen LogP contribution is 2.67. The Bertz CT molecular complexity index is 820. The van der Waals surface area contributed by atoms with Crippen molar-refractivity contribution in [1.82, 2.24) is 14.5 Å². The van der Waals surface area contributed by atoms with Gasteiger partial charge in [0.2, 0.25) is 0 Å². The van der Waals surface area contributed by atoms with Gasteiger partial charge >= 0.3 is 0 Å². The van der Waals surface area contributed by atoms with E-state index < -0.39 is 17.8 Å². The molecule has 7 heteroatoms. The predicted octanol–water partition coefficient (Wildman–Crippen LogP) is 3.35. The molecule has 4 rings (SSSR count). The molecule has 2 fully saturated rings. The van der Waals surface area contributed by atoms with Crippen molar-refractivity contribution in [3.05, 3.63) is 51.4 Å². The lowest BCUT2D eigenvalue weighted by Crippen LogP contribution is -2.26. The summed E-state index contributed by atoms with van der Waals surface area (Å²) in [4.78, 5) is 20.9. The van der Waals surface area contributed by atoms with Gasteiger partial charge in [-0.05, 0) is 31.9 Å². The van der Waals surface area contributed by atoms with Gasteiger partial charge in [-0.3, -0.25) is 9.36 Å². The molecule has 2 saturated carbocycles. The molecule has 4 nitrogen and oxygen atoms in total. The van der Waals surface area contributed by atoms with Gasteiger partial charge in [-0.1, -0.05) is 11.6 Å². The van der Waals surface area contributed by atoms with Crippen molar-refractivity contribution < 1.29 is 8.78 Å². The first-order chi connectivity index (χ1) is 10.9. The average molecular weight is 338 g/mol. The molecule has 0 bridgehead atoms. The van der Waals surface area contributed by atoms with E-state index >= 15 is 0 Å². The highest BCUT2D eigenvalue weighted by Gasteiger charge is 2.71. The second-order valence-corrected chi connectivity index (χ2v) is 6.71. The summed E-state index contributed by atoms with van der Waals surface area (Å²) in [6.07, 6.45) is 2.23. The number of fused-ring (bicyclic) bond motifs is 1. The summed E-state index contributed by atoms with van der Waals surface area (Å²) in [7, 11) is 0. The Morgan fingerprint density at radius 3 is 2.61 bits per heavy atom. The highest BCUT2D eigenvalue weighted by molar-refractivity contribution is 6.29. The van der Waals surface area contributed by atoms with Crippen LogP contribution in [0.5, 0.6) is 0 Å². The number of pyridine rings is 1. The Morgan fingerprint density at radius 2 is 2.00 bits per heavy atom. The van der Waals surface area contributed by atoms with Gasteiger partial charge in [-0.2, -0.15) is 0 Å². The third kappa shape index (κ3) is 2.27. The second-order valence-electron chi connectivity index (χ2n) is 6.32. The zero-order chi connectivity index (χ0) is 16.4. The number of nitrogens with zero attached hydrogens (tertiary/aromatic N) is 3. The van der Waals surface area contributed by atoms with Crippen LogP contribution in [-0.2, 0) is 0 Å². The number of hydrogen-bond acceptors (Lipinski definition) is 3. The van der Waals surface area contributed by atoms with E-state index in [-0.39, 0.29) is 11.5 Å².